The van der Waals surface area contributed by atoms with E-state index < -0.39 is 0 Å². The fourth-order valence-electron chi connectivity index (χ4n) is 2.09. The van der Waals surface area contributed by atoms with E-state index in [-0.39, 0.29) is 17.2 Å². The van der Waals surface area contributed by atoms with E-state index >= 15 is 0 Å². The van der Waals surface area contributed by atoms with Gasteiger partial charge in [0.15, 0.2) is 5.96 Å². The Morgan fingerprint density at radius 1 is 1.09 bits per heavy atom. The van der Waals surface area contributed by atoms with Crippen molar-refractivity contribution in [2.45, 2.75) is 33.1 Å². The van der Waals surface area contributed by atoms with Gasteiger partial charge in [-0.2, -0.15) is 0 Å². The van der Waals surface area contributed by atoms with Crippen molar-refractivity contribution < 1.29 is 4.79 Å². The van der Waals surface area contributed by atoms with Crippen molar-refractivity contribution in [2.24, 2.45) is 10.9 Å². The molecule has 23 heavy (non-hydrogen) atoms. The summed E-state index contributed by atoms with van der Waals surface area (Å²) in [5, 5.41) is 9.43. The molecule has 0 heterocycles. The van der Waals surface area contributed by atoms with Crippen LogP contribution >= 0.6 is 0 Å². The van der Waals surface area contributed by atoms with E-state index in [0.717, 1.165) is 12.5 Å². The van der Waals surface area contributed by atoms with Gasteiger partial charge in [-0.25, -0.2) is 0 Å². The standard InChI is InChI=1S/C18H30N4O/c1-14(2)16(23)20-11-12-21-17(19-5)22-13-18(3,4)15-9-7-6-8-10-15/h6-10,14H,11-13H2,1-5H3,(H,20,23)(H2,19,21,22). The lowest BCUT2D eigenvalue weighted by molar-refractivity contribution is -0.123. The molecule has 0 fully saturated rings. The average Bonchev–Trinajstić information content (AvgIpc) is 2.54. The van der Waals surface area contributed by atoms with E-state index in [4.69, 9.17) is 0 Å². The molecule has 1 rings (SSSR count). The van der Waals surface area contributed by atoms with Gasteiger partial charge in [-0.15, -0.1) is 0 Å². The smallest absolute Gasteiger partial charge is 0.222 e. The fraction of sp³-hybridized carbons (Fsp3) is 0.556. The van der Waals surface area contributed by atoms with Gasteiger partial charge in [0.1, 0.15) is 0 Å². The minimum Gasteiger partial charge on any atom is -0.356 e. The predicted octanol–water partition coefficient (Wildman–Crippen LogP) is 1.90. The lowest BCUT2D eigenvalue weighted by Crippen LogP contribution is -2.45. The SMILES string of the molecule is CN=C(NCCNC(=O)C(C)C)NCC(C)(C)c1ccccc1. The van der Waals surface area contributed by atoms with Crippen LogP contribution in [0.25, 0.3) is 0 Å². The van der Waals surface area contributed by atoms with Crippen molar-refractivity contribution in [2.75, 3.05) is 26.7 Å². The Hall–Kier alpha value is -2.04. The molecule has 0 saturated carbocycles. The summed E-state index contributed by atoms with van der Waals surface area (Å²) < 4.78 is 0. The molecule has 0 aliphatic carbocycles. The van der Waals surface area contributed by atoms with E-state index in [1.165, 1.54) is 5.56 Å². The van der Waals surface area contributed by atoms with Gasteiger partial charge >= 0.3 is 0 Å². The van der Waals surface area contributed by atoms with Crippen LogP contribution in [-0.2, 0) is 10.2 Å². The monoisotopic (exact) mass is 318 g/mol. The van der Waals surface area contributed by atoms with E-state index in [1.54, 1.807) is 7.05 Å². The Morgan fingerprint density at radius 3 is 2.26 bits per heavy atom. The summed E-state index contributed by atoms with van der Waals surface area (Å²) in [6.07, 6.45) is 0. The number of nitrogens with zero attached hydrogens (tertiary/aromatic N) is 1. The summed E-state index contributed by atoms with van der Waals surface area (Å²) in [5.74, 6) is 0.826. The molecular formula is C18H30N4O. The molecule has 1 aromatic carbocycles. The summed E-state index contributed by atoms with van der Waals surface area (Å²) in [6.45, 7) is 10.2. The molecule has 0 bridgehead atoms. The zero-order valence-electron chi connectivity index (χ0n) is 14.9. The number of amides is 1. The quantitative estimate of drug-likeness (QED) is 0.409. The third-order valence-corrected chi connectivity index (χ3v) is 3.72. The maximum absolute atomic E-state index is 11.5. The number of carbonyl (C=O) groups excluding carboxylic acids is 1. The number of hydrogen-bond donors (Lipinski definition) is 3. The van der Waals surface area contributed by atoms with Crippen LogP contribution in [0.3, 0.4) is 0 Å². The highest BCUT2D eigenvalue weighted by Crippen LogP contribution is 2.21. The van der Waals surface area contributed by atoms with Crippen LogP contribution in [0.2, 0.25) is 0 Å². The number of carbonyl (C=O) groups is 1. The van der Waals surface area contributed by atoms with Gasteiger partial charge in [-0.05, 0) is 5.56 Å². The van der Waals surface area contributed by atoms with Crippen LogP contribution in [-0.4, -0.2) is 38.5 Å². The normalized spacial score (nSPS) is 12.2. The Balaban J connectivity index is 2.38. The second-order valence-electron chi connectivity index (χ2n) is 6.55. The molecule has 3 N–H and O–H groups in total. The van der Waals surface area contributed by atoms with Crippen molar-refractivity contribution in [1.82, 2.24) is 16.0 Å². The van der Waals surface area contributed by atoms with E-state index in [2.05, 4.69) is 59.1 Å². The number of aliphatic imine (C=N–C) groups is 1. The first-order valence-electron chi connectivity index (χ1n) is 8.14. The number of hydrogen-bond acceptors (Lipinski definition) is 2. The summed E-state index contributed by atoms with van der Waals surface area (Å²) in [7, 11) is 1.75. The van der Waals surface area contributed by atoms with E-state index in [0.29, 0.717) is 13.1 Å². The number of guanidine groups is 1. The highest BCUT2D eigenvalue weighted by Gasteiger charge is 2.20. The Kier molecular flexibility index (Phi) is 7.59. The molecule has 0 aliphatic heterocycles. The highest BCUT2D eigenvalue weighted by molar-refractivity contribution is 5.80. The zero-order chi connectivity index (χ0) is 17.3. The van der Waals surface area contributed by atoms with Gasteiger partial charge in [0, 0.05) is 38.0 Å². The summed E-state index contributed by atoms with van der Waals surface area (Å²) >= 11 is 0. The average molecular weight is 318 g/mol. The molecule has 5 nitrogen and oxygen atoms in total. The van der Waals surface area contributed by atoms with Crippen LogP contribution in [0.5, 0.6) is 0 Å². The molecule has 0 unspecified atom stereocenters. The van der Waals surface area contributed by atoms with Crippen LogP contribution in [0.1, 0.15) is 33.3 Å². The second-order valence-corrected chi connectivity index (χ2v) is 6.55. The molecule has 0 atom stereocenters. The highest BCUT2D eigenvalue weighted by atomic mass is 16.1. The molecule has 0 radical (unpaired) electrons. The molecule has 0 saturated heterocycles. The maximum atomic E-state index is 11.5. The third kappa shape index (κ3) is 6.72. The van der Waals surface area contributed by atoms with E-state index in [9.17, 15) is 4.79 Å². The van der Waals surface area contributed by atoms with Crippen LogP contribution in [0.15, 0.2) is 35.3 Å². The Morgan fingerprint density at radius 2 is 1.70 bits per heavy atom. The molecule has 0 spiro atoms. The molecule has 0 aliphatic rings. The van der Waals surface area contributed by atoms with Gasteiger partial charge in [-0.1, -0.05) is 58.0 Å². The van der Waals surface area contributed by atoms with Crippen molar-refractivity contribution in [1.29, 1.82) is 0 Å². The van der Waals surface area contributed by atoms with Crippen molar-refractivity contribution in [3.63, 3.8) is 0 Å². The minimum absolute atomic E-state index is 0.00470. The number of nitrogens with one attached hydrogen (secondary N) is 3. The molecular weight excluding hydrogens is 288 g/mol. The number of benzene rings is 1. The molecule has 1 amide bonds. The Labute approximate surface area is 140 Å². The number of rotatable bonds is 7. The first-order chi connectivity index (χ1) is 10.9. The van der Waals surface area contributed by atoms with Gasteiger partial charge in [0.2, 0.25) is 5.91 Å². The minimum atomic E-state index is 0.00470. The molecule has 128 valence electrons. The zero-order valence-corrected chi connectivity index (χ0v) is 14.9. The summed E-state index contributed by atoms with van der Waals surface area (Å²) in [4.78, 5) is 15.7. The Bertz CT molecular complexity index is 509. The first-order valence-corrected chi connectivity index (χ1v) is 8.14. The van der Waals surface area contributed by atoms with E-state index in [1.807, 2.05) is 19.9 Å². The summed E-state index contributed by atoms with van der Waals surface area (Å²) in [6, 6.07) is 10.4. The lowest BCUT2D eigenvalue weighted by Gasteiger charge is -2.26. The predicted molar refractivity (Wildman–Crippen MR) is 96.7 cm³/mol. The van der Waals surface area contributed by atoms with Crippen molar-refractivity contribution in [3.05, 3.63) is 35.9 Å². The summed E-state index contributed by atoms with van der Waals surface area (Å²) in [5.41, 5.74) is 1.29. The van der Waals surface area contributed by atoms with Gasteiger partial charge < -0.3 is 16.0 Å². The lowest BCUT2D eigenvalue weighted by atomic mass is 9.85. The van der Waals surface area contributed by atoms with Crippen molar-refractivity contribution in [3.8, 4) is 0 Å². The molecule has 0 aromatic heterocycles. The van der Waals surface area contributed by atoms with Gasteiger partial charge in [-0.3, -0.25) is 9.79 Å². The van der Waals surface area contributed by atoms with Gasteiger partial charge in [0.05, 0.1) is 0 Å². The topological polar surface area (TPSA) is 65.5 Å². The van der Waals surface area contributed by atoms with Crippen LogP contribution in [0, 0.1) is 5.92 Å². The second kappa shape index (κ2) is 9.18. The third-order valence-electron chi connectivity index (χ3n) is 3.72. The van der Waals surface area contributed by atoms with Crippen LogP contribution in [0.4, 0.5) is 0 Å². The fourth-order valence-corrected chi connectivity index (χ4v) is 2.09. The molecule has 1 aromatic rings. The maximum Gasteiger partial charge on any atom is 0.222 e. The van der Waals surface area contributed by atoms with Crippen molar-refractivity contribution >= 4 is 11.9 Å². The molecule has 5 heteroatoms. The van der Waals surface area contributed by atoms with Gasteiger partial charge in [0.25, 0.3) is 0 Å². The largest absolute Gasteiger partial charge is 0.356 e. The van der Waals surface area contributed by atoms with Crippen LogP contribution < -0.4 is 16.0 Å². The first kappa shape index (κ1) is 19.0.